The Balaban J connectivity index is 1.73. The van der Waals surface area contributed by atoms with E-state index in [4.69, 9.17) is 15.2 Å². The van der Waals surface area contributed by atoms with Gasteiger partial charge in [-0.3, -0.25) is 4.79 Å². The summed E-state index contributed by atoms with van der Waals surface area (Å²) in [5.74, 6) is -0.356. The molecule has 2 amide bonds. The molecule has 0 aliphatic carbocycles. The van der Waals surface area contributed by atoms with Crippen LogP contribution in [0.15, 0.2) is 71.7 Å². The zero-order valence-electron chi connectivity index (χ0n) is 25.1. The third kappa shape index (κ3) is 9.19. The van der Waals surface area contributed by atoms with Crippen molar-refractivity contribution in [3.63, 3.8) is 0 Å². The van der Waals surface area contributed by atoms with Gasteiger partial charge in [-0.15, -0.1) is 0 Å². The molecule has 0 aromatic heterocycles. The lowest BCUT2D eigenvalue weighted by atomic mass is 9.92. The Morgan fingerprint density at radius 1 is 0.929 bits per heavy atom. The van der Waals surface area contributed by atoms with Crippen LogP contribution in [0.3, 0.4) is 0 Å². The number of nitrogens with zero attached hydrogens (tertiary/aromatic N) is 1. The molecule has 0 spiro atoms. The van der Waals surface area contributed by atoms with Crippen molar-refractivity contribution in [1.29, 1.82) is 0 Å². The summed E-state index contributed by atoms with van der Waals surface area (Å²) in [6.07, 6.45) is -0.0718. The molecule has 3 aromatic carbocycles. The molecule has 0 saturated heterocycles. The average Bonchev–Trinajstić information content (AvgIpc) is 2.94. The number of aliphatic imine (C=N–C) groups is 1. The van der Waals surface area contributed by atoms with E-state index in [0.717, 1.165) is 16.8 Å². The van der Waals surface area contributed by atoms with E-state index in [0.29, 0.717) is 47.7 Å². The van der Waals surface area contributed by atoms with Crippen molar-refractivity contribution in [2.45, 2.75) is 46.6 Å². The number of nitrogens with one attached hydrogen (secondary N) is 2. The number of nitrogens with two attached hydrogens (primary N) is 1. The number of rotatable bonds is 10. The van der Waals surface area contributed by atoms with Gasteiger partial charge < -0.3 is 25.8 Å². The van der Waals surface area contributed by atoms with Crippen molar-refractivity contribution in [1.82, 2.24) is 5.32 Å². The Bertz CT molecular complexity index is 1440. The topological polar surface area (TPSA) is 132 Å². The quantitative estimate of drug-likeness (QED) is 0.158. The molecule has 42 heavy (non-hydrogen) atoms. The molecule has 3 aromatic rings. The molecule has 0 bridgehead atoms. The molecule has 0 saturated carbocycles. The van der Waals surface area contributed by atoms with Crippen LogP contribution in [0.25, 0.3) is 11.1 Å². The number of amidine groups is 1. The minimum atomic E-state index is -0.736. The van der Waals surface area contributed by atoms with E-state index in [1.807, 2.05) is 50.2 Å². The molecule has 0 radical (unpaired) electrons. The van der Waals surface area contributed by atoms with E-state index in [-0.39, 0.29) is 11.7 Å². The van der Waals surface area contributed by atoms with E-state index in [1.54, 1.807) is 51.1 Å². The summed E-state index contributed by atoms with van der Waals surface area (Å²) in [7, 11) is 1.33. The number of benzene rings is 3. The molecule has 3 rings (SSSR count). The molecule has 0 fully saturated rings. The molecule has 0 heterocycles. The third-order valence-electron chi connectivity index (χ3n) is 6.17. The van der Waals surface area contributed by atoms with Gasteiger partial charge in [0.25, 0.3) is 5.91 Å². The Labute approximate surface area is 247 Å². The fourth-order valence-electron chi connectivity index (χ4n) is 4.15. The zero-order chi connectivity index (χ0) is 30.9. The first-order valence-electron chi connectivity index (χ1n) is 13.9. The second-order valence-electron chi connectivity index (χ2n) is 11.2. The van der Waals surface area contributed by atoms with Crippen LogP contribution in [-0.4, -0.2) is 49.6 Å². The second kappa shape index (κ2) is 14.3. The average molecular weight is 573 g/mol. The second-order valence-corrected chi connectivity index (χ2v) is 11.2. The molecule has 222 valence electrons. The first kappa shape index (κ1) is 31.9. The van der Waals surface area contributed by atoms with E-state index in [1.165, 1.54) is 7.11 Å². The number of carbonyl (C=O) groups is 3. The van der Waals surface area contributed by atoms with Crippen LogP contribution in [0.5, 0.6) is 0 Å². The van der Waals surface area contributed by atoms with Crippen molar-refractivity contribution in [2.24, 2.45) is 16.6 Å². The van der Waals surface area contributed by atoms with Crippen LogP contribution >= 0.6 is 0 Å². The van der Waals surface area contributed by atoms with Gasteiger partial charge in [-0.05, 0) is 86.2 Å². The molecular formula is C33H40N4O5. The lowest BCUT2D eigenvalue weighted by molar-refractivity contribution is 0.0592. The molecule has 0 aliphatic rings. The van der Waals surface area contributed by atoms with Crippen molar-refractivity contribution >= 4 is 29.5 Å². The van der Waals surface area contributed by atoms with Crippen LogP contribution in [0.1, 0.15) is 66.5 Å². The Kier molecular flexibility index (Phi) is 10.8. The minimum Gasteiger partial charge on any atom is -0.465 e. The van der Waals surface area contributed by atoms with Gasteiger partial charge in [0.1, 0.15) is 11.4 Å². The maximum atomic E-state index is 12.7. The number of ether oxygens (including phenoxy) is 2. The number of amides is 2. The highest BCUT2D eigenvalue weighted by atomic mass is 16.6. The fourth-order valence-corrected chi connectivity index (χ4v) is 4.15. The summed E-state index contributed by atoms with van der Waals surface area (Å²) in [6.45, 7) is 10.5. The fraction of sp³-hybridized carbons (Fsp3) is 0.333. The molecule has 0 aliphatic heterocycles. The molecule has 9 heteroatoms. The van der Waals surface area contributed by atoms with Crippen molar-refractivity contribution in [3.05, 3.63) is 89.0 Å². The van der Waals surface area contributed by atoms with Gasteiger partial charge >= 0.3 is 12.1 Å². The smallest absolute Gasteiger partial charge is 0.436 e. The maximum absolute atomic E-state index is 12.7. The Morgan fingerprint density at radius 3 is 2.24 bits per heavy atom. The maximum Gasteiger partial charge on any atom is 0.436 e. The summed E-state index contributed by atoms with van der Waals surface area (Å²) in [4.78, 5) is 41.2. The van der Waals surface area contributed by atoms with Crippen molar-refractivity contribution < 1.29 is 23.9 Å². The van der Waals surface area contributed by atoms with E-state index in [2.05, 4.69) is 15.6 Å². The lowest BCUT2D eigenvalue weighted by Gasteiger charge is -2.17. The number of anilines is 1. The number of hydrogen-bond donors (Lipinski definition) is 3. The zero-order valence-corrected chi connectivity index (χ0v) is 25.1. The summed E-state index contributed by atoms with van der Waals surface area (Å²) in [5, 5.41) is 6.28. The van der Waals surface area contributed by atoms with Gasteiger partial charge in [-0.1, -0.05) is 44.2 Å². The van der Waals surface area contributed by atoms with Crippen molar-refractivity contribution in [3.8, 4) is 11.1 Å². The highest BCUT2D eigenvalue weighted by Gasteiger charge is 2.19. The molecule has 9 nitrogen and oxygen atoms in total. The predicted octanol–water partition coefficient (Wildman–Crippen LogP) is 5.82. The normalized spacial score (nSPS) is 11.6. The lowest BCUT2D eigenvalue weighted by Crippen LogP contribution is -2.27. The number of hydrogen-bond acceptors (Lipinski definition) is 6. The highest BCUT2D eigenvalue weighted by Crippen LogP contribution is 2.29. The van der Waals surface area contributed by atoms with Crippen LogP contribution in [0, 0.1) is 5.92 Å². The van der Waals surface area contributed by atoms with Gasteiger partial charge in [0, 0.05) is 29.9 Å². The largest absolute Gasteiger partial charge is 0.465 e. The monoisotopic (exact) mass is 572 g/mol. The SMILES string of the molecule is COC(=O)c1cc(C(=O)NCC(C)C)ccc1-c1ccccc1CCNc1ccc(C(N)=NC(=O)OC(C)(C)C)cc1. The van der Waals surface area contributed by atoms with E-state index < -0.39 is 17.7 Å². The number of carbonyl (C=O) groups excluding carboxylic acids is 3. The summed E-state index contributed by atoms with van der Waals surface area (Å²) in [5.41, 5.74) is 10.1. The summed E-state index contributed by atoms with van der Waals surface area (Å²) in [6, 6.07) is 20.2. The third-order valence-corrected chi connectivity index (χ3v) is 6.17. The first-order valence-corrected chi connectivity index (χ1v) is 13.9. The van der Waals surface area contributed by atoms with Crippen molar-refractivity contribution in [2.75, 3.05) is 25.5 Å². The van der Waals surface area contributed by atoms with E-state index >= 15 is 0 Å². The summed E-state index contributed by atoms with van der Waals surface area (Å²) >= 11 is 0. The molecule has 0 unspecified atom stereocenters. The molecule has 0 atom stereocenters. The minimum absolute atomic E-state index is 0.0783. The molecular weight excluding hydrogens is 532 g/mol. The van der Waals surface area contributed by atoms with Gasteiger partial charge in [0.05, 0.1) is 12.7 Å². The standard InChI is InChI=1S/C33H40N4O5/c1-21(2)20-36-30(38)24-13-16-27(28(19-24)31(39)41-6)26-10-8-7-9-22(26)17-18-35-25-14-11-23(12-15-25)29(34)37-32(40)42-33(3,4)5/h7-16,19,21,35H,17-18,20H2,1-6H3,(H,36,38)(H2,34,37,40). The predicted molar refractivity (Wildman–Crippen MR) is 166 cm³/mol. The van der Waals surface area contributed by atoms with Gasteiger partial charge in [-0.25, -0.2) is 9.59 Å². The van der Waals surface area contributed by atoms with Gasteiger partial charge in [0.2, 0.25) is 0 Å². The summed E-state index contributed by atoms with van der Waals surface area (Å²) < 4.78 is 10.2. The van der Waals surface area contributed by atoms with Crippen LogP contribution in [0.4, 0.5) is 10.5 Å². The first-order chi connectivity index (χ1) is 19.9. The van der Waals surface area contributed by atoms with E-state index in [9.17, 15) is 14.4 Å². The Morgan fingerprint density at radius 2 is 1.60 bits per heavy atom. The van der Waals surface area contributed by atoms with Crippen LogP contribution in [-0.2, 0) is 15.9 Å². The van der Waals surface area contributed by atoms with Crippen LogP contribution < -0.4 is 16.4 Å². The van der Waals surface area contributed by atoms with Gasteiger partial charge in [0.15, 0.2) is 0 Å². The molecule has 4 N–H and O–H groups in total. The van der Waals surface area contributed by atoms with Crippen LogP contribution in [0.2, 0.25) is 0 Å². The number of methoxy groups -OCH3 is 1. The highest BCUT2D eigenvalue weighted by molar-refractivity contribution is 6.03. The number of esters is 1. The van der Waals surface area contributed by atoms with Gasteiger partial charge in [-0.2, -0.15) is 4.99 Å². The Hall–Kier alpha value is -4.66.